The van der Waals surface area contributed by atoms with E-state index in [-0.39, 0.29) is 12.5 Å². The second kappa shape index (κ2) is 9.17. The maximum atomic E-state index is 12.2. The van der Waals surface area contributed by atoms with Crippen LogP contribution in [0, 0.1) is 11.8 Å². The lowest BCUT2D eigenvalue weighted by Gasteiger charge is -2.34. The summed E-state index contributed by atoms with van der Waals surface area (Å²) in [5.74, 6) is -0.224. The smallest absolute Gasteiger partial charge is 0.337 e. The van der Waals surface area contributed by atoms with Gasteiger partial charge in [-0.2, -0.15) is 0 Å². The number of rotatable bonds is 5. The zero-order chi connectivity index (χ0) is 19.1. The predicted octanol–water partition coefficient (Wildman–Crippen LogP) is 2.53. The number of carbonyl (C=O) groups excluding carboxylic acids is 3. The van der Waals surface area contributed by atoms with Gasteiger partial charge >= 0.3 is 11.9 Å². The van der Waals surface area contributed by atoms with Crippen LogP contribution in [0.2, 0.25) is 0 Å². The van der Waals surface area contributed by atoms with E-state index in [2.05, 4.69) is 18.6 Å². The Bertz CT molecular complexity index is 670. The molecule has 0 N–H and O–H groups in total. The summed E-state index contributed by atoms with van der Waals surface area (Å²) >= 11 is 0. The van der Waals surface area contributed by atoms with Crippen LogP contribution in [-0.2, 0) is 19.1 Å². The minimum atomic E-state index is -0.575. The van der Waals surface area contributed by atoms with Crippen molar-refractivity contribution in [2.45, 2.75) is 20.3 Å². The third kappa shape index (κ3) is 5.72. The number of benzene rings is 1. The van der Waals surface area contributed by atoms with E-state index in [1.807, 2.05) is 0 Å². The van der Waals surface area contributed by atoms with Crippen molar-refractivity contribution in [2.75, 3.05) is 26.8 Å². The van der Waals surface area contributed by atoms with Gasteiger partial charge in [0.15, 0.2) is 6.61 Å². The third-order valence-electron chi connectivity index (χ3n) is 4.30. The van der Waals surface area contributed by atoms with E-state index >= 15 is 0 Å². The SMILES string of the molecule is COC(=O)c1ccc(/C=C/C(=O)OCC(=O)N2C[C@H](C)C[C@H](C)C2)cc1. The summed E-state index contributed by atoms with van der Waals surface area (Å²) in [6.45, 7) is 5.42. The first-order valence-electron chi connectivity index (χ1n) is 8.70. The van der Waals surface area contributed by atoms with Gasteiger partial charge in [0.05, 0.1) is 12.7 Å². The van der Waals surface area contributed by atoms with Gasteiger partial charge in [-0.15, -0.1) is 0 Å². The number of likely N-dealkylation sites (tertiary alicyclic amines) is 1. The molecule has 6 nitrogen and oxygen atoms in total. The Balaban J connectivity index is 1.81. The molecule has 1 aliphatic heterocycles. The molecule has 0 unspecified atom stereocenters. The molecule has 1 amide bonds. The molecular weight excluding hydrogens is 334 g/mol. The predicted molar refractivity (Wildman–Crippen MR) is 97.3 cm³/mol. The number of amides is 1. The highest BCUT2D eigenvalue weighted by molar-refractivity contribution is 5.91. The number of ether oxygens (including phenoxy) is 2. The van der Waals surface area contributed by atoms with Crippen LogP contribution in [0.3, 0.4) is 0 Å². The molecule has 26 heavy (non-hydrogen) atoms. The fraction of sp³-hybridized carbons (Fsp3) is 0.450. The molecule has 0 radical (unpaired) electrons. The Morgan fingerprint density at radius 1 is 1.12 bits per heavy atom. The van der Waals surface area contributed by atoms with E-state index in [0.29, 0.717) is 30.5 Å². The molecule has 1 aromatic rings. The average molecular weight is 359 g/mol. The Labute approximate surface area is 153 Å². The summed E-state index contributed by atoms with van der Waals surface area (Å²) in [5, 5.41) is 0. The van der Waals surface area contributed by atoms with Crippen LogP contribution in [0.15, 0.2) is 30.3 Å². The standard InChI is InChI=1S/C20H25NO5/c1-14-10-15(2)12-21(11-14)18(22)13-26-19(23)9-6-16-4-7-17(8-5-16)20(24)25-3/h4-9,14-15H,10-13H2,1-3H3/b9-6+/t14-,15+. The third-order valence-corrected chi connectivity index (χ3v) is 4.30. The maximum Gasteiger partial charge on any atom is 0.337 e. The molecule has 2 atom stereocenters. The summed E-state index contributed by atoms with van der Waals surface area (Å²) in [5.41, 5.74) is 1.17. The second-order valence-electron chi connectivity index (χ2n) is 6.80. The molecule has 140 valence electrons. The zero-order valence-electron chi connectivity index (χ0n) is 15.4. The van der Waals surface area contributed by atoms with Gasteiger partial charge in [0.1, 0.15) is 0 Å². The van der Waals surface area contributed by atoms with Crippen LogP contribution >= 0.6 is 0 Å². The van der Waals surface area contributed by atoms with E-state index < -0.39 is 11.9 Å². The van der Waals surface area contributed by atoms with Crippen LogP contribution < -0.4 is 0 Å². The van der Waals surface area contributed by atoms with E-state index in [9.17, 15) is 14.4 Å². The number of piperidine rings is 1. The molecular formula is C20H25NO5. The van der Waals surface area contributed by atoms with Crippen molar-refractivity contribution in [3.63, 3.8) is 0 Å². The molecule has 1 saturated heterocycles. The van der Waals surface area contributed by atoms with Crippen molar-refractivity contribution in [1.82, 2.24) is 4.90 Å². The van der Waals surface area contributed by atoms with Crippen molar-refractivity contribution in [3.05, 3.63) is 41.5 Å². The lowest BCUT2D eigenvalue weighted by atomic mass is 9.92. The van der Waals surface area contributed by atoms with Gasteiger partial charge in [-0.05, 0) is 42.0 Å². The fourth-order valence-electron chi connectivity index (χ4n) is 3.15. The molecule has 2 rings (SSSR count). The minimum Gasteiger partial charge on any atom is -0.465 e. The summed E-state index contributed by atoms with van der Waals surface area (Å²) in [4.78, 5) is 37.1. The molecule has 0 bridgehead atoms. The van der Waals surface area contributed by atoms with Crippen molar-refractivity contribution >= 4 is 23.9 Å². The summed E-state index contributed by atoms with van der Waals surface area (Å²) in [7, 11) is 1.32. The molecule has 0 saturated carbocycles. The molecule has 1 aliphatic rings. The lowest BCUT2D eigenvalue weighted by Crippen LogP contribution is -2.44. The highest BCUT2D eigenvalue weighted by Gasteiger charge is 2.25. The van der Waals surface area contributed by atoms with E-state index in [4.69, 9.17) is 4.74 Å². The van der Waals surface area contributed by atoms with E-state index in [1.165, 1.54) is 13.2 Å². The van der Waals surface area contributed by atoms with Crippen molar-refractivity contribution in [3.8, 4) is 0 Å². The minimum absolute atomic E-state index is 0.160. The molecule has 0 aliphatic carbocycles. The van der Waals surface area contributed by atoms with Crippen LogP contribution in [0.5, 0.6) is 0 Å². The second-order valence-corrected chi connectivity index (χ2v) is 6.80. The number of nitrogens with zero attached hydrogens (tertiary/aromatic N) is 1. The molecule has 0 aromatic heterocycles. The van der Waals surface area contributed by atoms with Crippen LogP contribution in [-0.4, -0.2) is 49.6 Å². The van der Waals surface area contributed by atoms with E-state index in [1.54, 1.807) is 35.2 Å². The largest absolute Gasteiger partial charge is 0.465 e. The van der Waals surface area contributed by atoms with Gasteiger partial charge < -0.3 is 14.4 Å². The number of methoxy groups -OCH3 is 1. The van der Waals surface area contributed by atoms with Gasteiger partial charge in [-0.1, -0.05) is 26.0 Å². The molecule has 1 heterocycles. The first-order valence-corrected chi connectivity index (χ1v) is 8.70. The number of hydrogen-bond acceptors (Lipinski definition) is 5. The van der Waals surface area contributed by atoms with Gasteiger partial charge in [-0.3, -0.25) is 4.79 Å². The highest BCUT2D eigenvalue weighted by Crippen LogP contribution is 2.20. The number of esters is 2. The van der Waals surface area contributed by atoms with Crippen LogP contribution in [0.25, 0.3) is 6.08 Å². The summed E-state index contributed by atoms with van der Waals surface area (Å²) in [6.07, 6.45) is 3.95. The highest BCUT2D eigenvalue weighted by atomic mass is 16.5. The zero-order valence-corrected chi connectivity index (χ0v) is 15.4. The maximum absolute atomic E-state index is 12.2. The molecule has 6 heteroatoms. The molecule has 1 fully saturated rings. The van der Waals surface area contributed by atoms with Gasteiger partial charge in [0, 0.05) is 19.2 Å². The van der Waals surface area contributed by atoms with Crippen molar-refractivity contribution in [2.24, 2.45) is 11.8 Å². The Kier molecular flexibility index (Phi) is 6.95. The first kappa shape index (κ1) is 19.7. The first-order chi connectivity index (χ1) is 12.4. The Hall–Kier alpha value is -2.63. The topological polar surface area (TPSA) is 72.9 Å². The Morgan fingerprint density at radius 2 is 1.73 bits per heavy atom. The number of carbonyl (C=O) groups is 3. The van der Waals surface area contributed by atoms with Gasteiger partial charge in [0.2, 0.25) is 0 Å². The average Bonchev–Trinajstić information content (AvgIpc) is 2.63. The number of hydrogen-bond donors (Lipinski definition) is 0. The summed E-state index contributed by atoms with van der Waals surface area (Å²) in [6, 6.07) is 6.60. The molecule has 1 aromatic carbocycles. The quantitative estimate of drug-likeness (QED) is 0.597. The van der Waals surface area contributed by atoms with Crippen LogP contribution in [0.4, 0.5) is 0 Å². The fourth-order valence-corrected chi connectivity index (χ4v) is 3.15. The normalized spacial score (nSPS) is 20.0. The van der Waals surface area contributed by atoms with Crippen molar-refractivity contribution in [1.29, 1.82) is 0 Å². The summed E-state index contributed by atoms with van der Waals surface area (Å²) < 4.78 is 9.66. The molecule has 0 spiro atoms. The monoisotopic (exact) mass is 359 g/mol. The van der Waals surface area contributed by atoms with Crippen molar-refractivity contribution < 1.29 is 23.9 Å². The van der Waals surface area contributed by atoms with E-state index in [0.717, 1.165) is 12.0 Å². The van der Waals surface area contributed by atoms with Gasteiger partial charge in [-0.25, -0.2) is 9.59 Å². The van der Waals surface area contributed by atoms with Gasteiger partial charge in [0.25, 0.3) is 5.91 Å². The Morgan fingerprint density at radius 3 is 2.31 bits per heavy atom. The van der Waals surface area contributed by atoms with Crippen LogP contribution in [0.1, 0.15) is 36.2 Å². The lowest BCUT2D eigenvalue weighted by molar-refractivity contribution is -0.149.